The molecule has 1 N–H and O–H groups in total. The van der Waals surface area contributed by atoms with Crippen LogP contribution in [0.3, 0.4) is 0 Å². The van der Waals surface area contributed by atoms with Crippen molar-refractivity contribution in [1.82, 2.24) is 4.57 Å². The van der Waals surface area contributed by atoms with Crippen LogP contribution in [0.4, 0.5) is 5.69 Å². The van der Waals surface area contributed by atoms with Gasteiger partial charge in [0.05, 0.1) is 12.1 Å². The van der Waals surface area contributed by atoms with Crippen molar-refractivity contribution in [3.05, 3.63) is 112 Å². The summed E-state index contributed by atoms with van der Waals surface area (Å²) in [6.45, 7) is 6.56. The molecule has 0 aliphatic rings. The molecule has 1 heterocycles. The summed E-state index contributed by atoms with van der Waals surface area (Å²) < 4.78 is 2.36. The lowest BCUT2D eigenvalue weighted by atomic mass is 10.1. The maximum absolute atomic E-state index is 6.48. The molecule has 0 radical (unpaired) electrons. The fourth-order valence-electron chi connectivity index (χ4n) is 4.69. The van der Waals surface area contributed by atoms with Gasteiger partial charge in [0, 0.05) is 52.0 Å². The van der Waals surface area contributed by atoms with Gasteiger partial charge in [-0.3, -0.25) is 4.99 Å². The summed E-state index contributed by atoms with van der Waals surface area (Å²) in [4.78, 5) is 4.79. The summed E-state index contributed by atoms with van der Waals surface area (Å²) in [5.74, 6) is 0. The molecule has 5 rings (SSSR count). The average Bonchev–Trinajstić information content (AvgIpc) is 3.12. The van der Waals surface area contributed by atoms with Gasteiger partial charge >= 0.3 is 0 Å². The molecule has 0 unspecified atom stereocenters. The Hall–Kier alpha value is -3.56. The summed E-state index contributed by atoms with van der Waals surface area (Å²) in [6, 6.07) is 29.3. The molecule has 5 aromatic rings. The van der Waals surface area contributed by atoms with Gasteiger partial charge in [0.15, 0.2) is 0 Å². The summed E-state index contributed by atoms with van der Waals surface area (Å²) in [5, 5.41) is 8.06. The summed E-state index contributed by atoms with van der Waals surface area (Å²) in [6.07, 6.45) is 2.03. The van der Waals surface area contributed by atoms with Gasteiger partial charge in [-0.1, -0.05) is 84.4 Å². The molecule has 0 atom stereocenters. The van der Waals surface area contributed by atoms with Crippen molar-refractivity contribution in [3.63, 3.8) is 0 Å². The van der Waals surface area contributed by atoms with Gasteiger partial charge in [0.1, 0.15) is 0 Å². The van der Waals surface area contributed by atoms with Crippen molar-refractivity contribution >= 4 is 45.2 Å². The Morgan fingerprint density at radius 2 is 1.59 bits per heavy atom. The second-order valence-corrected chi connectivity index (χ2v) is 9.04. The van der Waals surface area contributed by atoms with Gasteiger partial charge in [-0.25, -0.2) is 0 Å². The average molecular weight is 466 g/mol. The molecule has 0 fully saturated rings. The van der Waals surface area contributed by atoms with E-state index in [9.17, 15) is 0 Å². The van der Waals surface area contributed by atoms with Crippen LogP contribution in [0, 0.1) is 13.8 Å². The van der Waals surface area contributed by atoms with Crippen LogP contribution in [-0.4, -0.2) is 23.9 Å². The molecule has 4 heteroatoms. The number of fused-ring (bicyclic) bond motifs is 2. The van der Waals surface area contributed by atoms with Gasteiger partial charge in [-0.2, -0.15) is 0 Å². The molecule has 0 saturated heterocycles. The van der Waals surface area contributed by atoms with E-state index < -0.39 is 0 Å². The first-order valence-corrected chi connectivity index (χ1v) is 12.0. The molecule has 0 saturated carbocycles. The first-order chi connectivity index (χ1) is 16.6. The Bertz CT molecular complexity index is 1490. The van der Waals surface area contributed by atoms with Crippen LogP contribution in [-0.2, 0) is 6.54 Å². The minimum Gasteiger partial charge on any atom is -0.383 e. The Labute approximate surface area is 205 Å². The van der Waals surface area contributed by atoms with E-state index in [1.807, 2.05) is 24.4 Å². The van der Waals surface area contributed by atoms with Crippen LogP contribution in [0.15, 0.2) is 89.9 Å². The van der Waals surface area contributed by atoms with E-state index in [-0.39, 0.29) is 0 Å². The van der Waals surface area contributed by atoms with E-state index in [0.717, 1.165) is 29.4 Å². The molecule has 0 spiro atoms. The lowest BCUT2D eigenvalue weighted by Gasteiger charge is -2.11. The molecular weight excluding hydrogens is 438 g/mol. The second kappa shape index (κ2) is 9.74. The number of benzene rings is 4. The lowest BCUT2D eigenvalue weighted by molar-refractivity contribution is 0.802. The molecule has 0 bridgehead atoms. The first-order valence-electron chi connectivity index (χ1n) is 11.7. The van der Waals surface area contributed by atoms with Gasteiger partial charge in [0.25, 0.3) is 0 Å². The minimum atomic E-state index is 0.700. The van der Waals surface area contributed by atoms with Crippen molar-refractivity contribution in [1.29, 1.82) is 0 Å². The Kier molecular flexibility index (Phi) is 6.37. The number of anilines is 1. The third kappa shape index (κ3) is 4.32. The number of hydrogen-bond acceptors (Lipinski definition) is 2. The third-order valence-electron chi connectivity index (χ3n) is 6.45. The van der Waals surface area contributed by atoms with E-state index >= 15 is 0 Å². The largest absolute Gasteiger partial charge is 0.383 e. The van der Waals surface area contributed by atoms with Crippen LogP contribution in [0.1, 0.15) is 22.4 Å². The number of para-hydroxylation sites is 1. The zero-order chi connectivity index (χ0) is 23.5. The minimum absolute atomic E-state index is 0.700. The smallest absolute Gasteiger partial charge is 0.0562 e. The molecule has 3 nitrogen and oxygen atoms in total. The highest BCUT2D eigenvalue weighted by Gasteiger charge is 2.15. The highest BCUT2D eigenvalue weighted by molar-refractivity contribution is 6.31. The predicted molar refractivity (Wildman–Crippen MR) is 147 cm³/mol. The van der Waals surface area contributed by atoms with Gasteiger partial charge in [0.2, 0.25) is 0 Å². The monoisotopic (exact) mass is 465 g/mol. The van der Waals surface area contributed by atoms with E-state index in [1.165, 1.54) is 38.5 Å². The van der Waals surface area contributed by atoms with Crippen molar-refractivity contribution in [2.75, 3.05) is 18.4 Å². The highest BCUT2D eigenvalue weighted by Crippen LogP contribution is 2.29. The molecule has 1 aromatic heterocycles. The number of aromatic nitrogens is 1. The number of rotatable bonds is 7. The number of aryl methyl sites for hydroxylation is 1. The molecule has 0 aliphatic carbocycles. The number of hydrogen-bond donors (Lipinski definition) is 1. The van der Waals surface area contributed by atoms with E-state index in [1.54, 1.807) is 0 Å². The van der Waals surface area contributed by atoms with Crippen molar-refractivity contribution in [2.45, 2.75) is 20.4 Å². The molecule has 0 aliphatic heterocycles. The SMILES string of the molecule is Cc1cccc2c(C=NCCNc3cccc4ccccc34)c(C)n(Cc3ccccc3Cl)c12. The maximum atomic E-state index is 6.48. The normalized spacial score (nSPS) is 11.6. The summed E-state index contributed by atoms with van der Waals surface area (Å²) >= 11 is 6.48. The zero-order valence-electron chi connectivity index (χ0n) is 19.6. The number of aliphatic imine (C=N–C) groups is 1. The fourth-order valence-corrected chi connectivity index (χ4v) is 4.89. The quantitative estimate of drug-likeness (QED) is 0.194. The highest BCUT2D eigenvalue weighted by atomic mass is 35.5. The second-order valence-electron chi connectivity index (χ2n) is 8.64. The topological polar surface area (TPSA) is 29.3 Å². The zero-order valence-corrected chi connectivity index (χ0v) is 20.3. The van der Waals surface area contributed by atoms with Crippen molar-refractivity contribution in [3.8, 4) is 0 Å². The third-order valence-corrected chi connectivity index (χ3v) is 6.81. The van der Waals surface area contributed by atoms with Crippen LogP contribution < -0.4 is 5.32 Å². The van der Waals surface area contributed by atoms with Gasteiger partial charge < -0.3 is 9.88 Å². The standard InChI is InChI=1S/C30H28ClN3/c1-21-9-7-14-26-27(22(2)34(30(21)26)20-24-11-4-6-15-28(24)31)19-32-17-18-33-29-16-8-12-23-10-3-5-13-25(23)29/h3-16,19,33H,17-18,20H2,1-2H3. The number of nitrogens with zero attached hydrogens (tertiary/aromatic N) is 2. The summed E-state index contributed by atoms with van der Waals surface area (Å²) in [7, 11) is 0. The maximum Gasteiger partial charge on any atom is 0.0562 e. The fraction of sp³-hybridized carbons (Fsp3) is 0.167. The van der Waals surface area contributed by atoms with Crippen molar-refractivity contribution in [2.24, 2.45) is 4.99 Å². The molecule has 0 amide bonds. The van der Waals surface area contributed by atoms with Gasteiger partial charge in [-0.05, 0) is 42.5 Å². The van der Waals surface area contributed by atoms with E-state index in [4.69, 9.17) is 16.6 Å². The lowest BCUT2D eigenvalue weighted by Crippen LogP contribution is -2.06. The van der Waals surface area contributed by atoms with Crippen LogP contribution >= 0.6 is 11.6 Å². The van der Waals surface area contributed by atoms with Crippen LogP contribution in [0.25, 0.3) is 21.7 Å². The molecular formula is C30H28ClN3. The van der Waals surface area contributed by atoms with Gasteiger partial charge in [-0.15, -0.1) is 0 Å². The van der Waals surface area contributed by atoms with E-state index in [0.29, 0.717) is 6.54 Å². The number of halogens is 1. The molecule has 34 heavy (non-hydrogen) atoms. The first kappa shape index (κ1) is 22.2. The molecule has 170 valence electrons. The van der Waals surface area contributed by atoms with Crippen LogP contribution in [0.5, 0.6) is 0 Å². The summed E-state index contributed by atoms with van der Waals surface area (Å²) in [5.41, 5.74) is 7.15. The van der Waals surface area contributed by atoms with Crippen LogP contribution in [0.2, 0.25) is 5.02 Å². The predicted octanol–water partition coefficient (Wildman–Crippen LogP) is 7.64. The Morgan fingerprint density at radius 1 is 0.853 bits per heavy atom. The van der Waals surface area contributed by atoms with Crippen molar-refractivity contribution < 1.29 is 0 Å². The Morgan fingerprint density at radius 3 is 2.47 bits per heavy atom. The number of nitrogens with one attached hydrogen (secondary N) is 1. The molecule has 4 aromatic carbocycles. The Balaban J connectivity index is 1.38. The van der Waals surface area contributed by atoms with E-state index in [2.05, 4.69) is 90.5 Å².